The number of ether oxygens (including phenoxy) is 1. The van der Waals surface area contributed by atoms with Gasteiger partial charge in [-0.25, -0.2) is 4.98 Å². The average molecular weight is 222 g/mol. The zero-order valence-electron chi connectivity index (χ0n) is 9.81. The van der Waals surface area contributed by atoms with Crippen molar-refractivity contribution in [2.45, 2.75) is 25.9 Å². The van der Waals surface area contributed by atoms with E-state index in [1.807, 2.05) is 24.0 Å². The number of nitrogens with zero attached hydrogens (tertiary/aromatic N) is 2. The molecule has 0 saturated carbocycles. The Morgan fingerprint density at radius 3 is 2.94 bits per heavy atom. The molecular formula is C12H18N2O2. The molecule has 0 bridgehead atoms. The molecule has 0 unspecified atom stereocenters. The van der Waals surface area contributed by atoms with Gasteiger partial charge in [0.15, 0.2) is 11.6 Å². The monoisotopic (exact) mass is 222 g/mol. The molecule has 2 rings (SSSR count). The van der Waals surface area contributed by atoms with E-state index >= 15 is 0 Å². The number of anilines is 1. The van der Waals surface area contributed by atoms with Crippen molar-refractivity contribution in [3.8, 4) is 5.75 Å². The maximum atomic E-state index is 9.70. The van der Waals surface area contributed by atoms with Crippen LogP contribution < -0.4 is 9.64 Å². The average Bonchev–Trinajstić information content (AvgIpc) is 2.23. The van der Waals surface area contributed by atoms with Gasteiger partial charge in [0.2, 0.25) is 0 Å². The Bertz CT molecular complexity index is 358. The van der Waals surface area contributed by atoms with E-state index in [0.717, 1.165) is 18.0 Å². The molecule has 4 heteroatoms. The summed E-state index contributed by atoms with van der Waals surface area (Å²) in [4.78, 5) is 6.34. The Labute approximate surface area is 95.9 Å². The second-order valence-electron chi connectivity index (χ2n) is 4.53. The van der Waals surface area contributed by atoms with Gasteiger partial charge >= 0.3 is 0 Å². The number of hydrogen-bond donors (Lipinski definition) is 1. The van der Waals surface area contributed by atoms with Crippen LogP contribution in [0.25, 0.3) is 0 Å². The summed E-state index contributed by atoms with van der Waals surface area (Å²) in [5.41, 5.74) is -0.584. The summed E-state index contributed by atoms with van der Waals surface area (Å²) >= 11 is 0. The first-order chi connectivity index (χ1) is 7.62. The van der Waals surface area contributed by atoms with Crippen molar-refractivity contribution < 1.29 is 9.84 Å². The number of hydrogen-bond acceptors (Lipinski definition) is 4. The van der Waals surface area contributed by atoms with E-state index in [9.17, 15) is 5.11 Å². The molecule has 1 aliphatic rings. The summed E-state index contributed by atoms with van der Waals surface area (Å²) < 4.78 is 5.63. The highest BCUT2D eigenvalue weighted by atomic mass is 16.5. The minimum atomic E-state index is -0.584. The second kappa shape index (κ2) is 4.29. The highest BCUT2D eigenvalue weighted by molar-refractivity contribution is 5.54. The van der Waals surface area contributed by atoms with Crippen LogP contribution in [0.4, 0.5) is 5.82 Å². The Kier molecular flexibility index (Phi) is 3.01. The fourth-order valence-electron chi connectivity index (χ4n) is 1.87. The summed E-state index contributed by atoms with van der Waals surface area (Å²) in [5.74, 6) is 1.64. The fourth-order valence-corrected chi connectivity index (χ4v) is 1.87. The topological polar surface area (TPSA) is 45.6 Å². The molecule has 0 spiro atoms. The van der Waals surface area contributed by atoms with Crippen molar-refractivity contribution in [2.24, 2.45) is 0 Å². The summed E-state index contributed by atoms with van der Waals surface area (Å²) in [7, 11) is 0. The Morgan fingerprint density at radius 1 is 1.56 bits per heavy atom. The van der Waals surface area contributed by atoms with Gasteiger partial charge in [-0.2, -0.15) is 0 Å². The van der Waals surface area contributed by atoms with Crippen LogP contribution in [0, 0.1) is 0 Å². The molecule has 1 fully saturated rings. The molecule has 1 N–H and O–H groups in total. The van der Waals surface area contributed by atoms with Crippen LogP contribution >= 0.6 is 0 Å². The van der Waals surface area contributed by atoms with Crippen LogP contribution in [0.15, 0.2) is 18.3 Å². The number of aromatic nitrogens is 1. The van der Waals surface area contributed by atoms with Gasteiger partial charge in [0, 0.05) is 19.3 Å². The maximum Gasteiger partial charge on any atom is 0.171 e. The van der Waals surface area contributed by atoms with Gasteiger partial charge < -0.3 is 14.7 Å². The smallest absolute Gasteiger partial charge is 0.171 e. The molecular weight excluding hydrogens is 204 g/mol. The highest BCUT2D eigenvalue weighted by Crippen LogP contribution is 2.32. The minimum absolute atomic E-state index is 0.584. The first-order valence-corrected chi connectivity index (χ1v) is 5.67. The molecule has 0 aromatic carbocycles. The molecule has 1 aliphatic heterocycles. The first kappa shape index (κ1) is 11.2. The Morgan fingerprint density at radius 2 is 2.31 bits per heavy atom. The number of β-amino-alcohol motifs (C(OH)–C–C–N with tert-alkyl or cyclic N) is 1. The van der Waals surface area contributed by atoms with Crippen molar-refractivity contribution in [3.63, 3.8) is 0 Å². The fraction of sp³-hybridized carbons (Fsp3) is 0.583. The van der Waals surface area contributed by atoms with Crippen LogP contribution in [0.1, 0.15) is 20.3 Å². The summed E-state index contributed by atoms with van der Waals surface area (Å²) in [6, 6.07) is 3.79. The number of rotatable bonds is 4. The van der Waals surface area contributed by atoms with Crippen molar-refractivity contribution in [2.75, 3.05) is 24.6 Å². The van der Waals surface area contributed by atoms with E-state index in [4.69, 9.17) is 4.74 Å². The molecule has 0 radical (unpaired) electrons. The van der Waals surface area contributed by atoms with Crippen LogP contribution in [0.5, 0.6) is 5.75 Å². The molecule has 1 aromatic rings. The quantitative estimate of drug-likeness (QED) is 0.837. The third-order valence-corrected chi connectivity index (χ3v) is 2.58. The molecule has 0 amide bonds. The third-order valence-electron chi connectivity index (χ3n) is 2.58. The predicted octanol–water partition coefficient (Wildman–Crippen LogP) is 1.44. The van der Waals surface area contributed by atoms with Crippen molar-refractivity contribution >= 4 is 5.82 Å². The van der Waals surface area contributed by atoms with Gasteiger partial charge in [-0.15, -0.1) is 0 Å². The van der Waals surface area contributed by atoms with Crippen LogP contribution in [0.2, 0.25) is 0 Å². The molecule has 1 aromatic heterocycles. The lowest BCUT2D eigenvalue weighted by atomic mass is 9.97. The Balaban J connectivity index is 2.08. The molecule has 16 heavy (non-hydrogen) atoms. The number of pyridine rings is 1. The van der Waals surface area contributed by atoms with Gasteiger partial charge in [0.25, 0.3) is 0 Å². The van der Waals surface area contributed by atoms with Crippen LogP contribution in [-0.4, -0.2) is 35.4 Å². The number of aliphatic hydroxyl groups is 1. The maximum absolute atomic E-state index is 9.70. The zero-order chi connectivity index (χ0) is 11.6. The first-order valence-electron chi connectivity index (χ1n) is 5.67. The van der Waals surface area contributed by atoms with Gasteiger partial charge in [-0.1, -0.05) is 6.92 Å². The summed E-state index contributed by atoms with van der Waals surface area (Å²) in [6.07, 6.45) is 2.73. The molecule has 0 aliphatic carbocycles. The van der Waals surface area contributed by atoms with E-state index in [0.29, 0.717) is 19.7 Å². The van der Waals surface area contributed by atoms with Crippen molar-refractivity contribution in [3.05, 3.63) is 18.3 Å². The van der Waals surface area contributed by atoms with Crippen LogP contribution in [0.3, 0.4) is 0 Å². The third kappa shape index (κ3) is 2.27. The lowest BCUT2D eigenvalue weighted by Crippen LogP contribution is -2.60. The molecule has 88 valence electrons. The van der Waals surface area contributed by atoms with Crippen molar-refractivity contribution in [1.82, 2.24) is 4.98 Å². The molecule has 0 atom stereocenters. The van der Waals surface area contributed by atoms with E-state index in [2.05, 4.69) is 11.9 Å². The Hall–Kier alpha value is -1.29. The van der Waals surface area contributed by atoms with E-state index in [-0.39, 0.29) is 0 Å². The van der Waals surface area contributed by atoms with E-state index in [1.165, 1.54) is 0 Å². The van der Waals surface area contributed by atoms with Gasteiger partial charge in [-0.3, -0.25) is 0 Å². The SMILES string of the molecule is CCCOc1cccnc1N1CC(C)(O)C1. The lowest BCUT2D eigenvalue weighted by Gasteiger charge is -2.45. The minimum Gasteiger partial charge on any atom is -0.490 e. The standard InChI is InChI=1S/C12H18N2O2/c1-3-7-16-10-5-4-6-13-11(10)14-8-12(2,15)9-14/h4-6,15H,3,7-9H2,1-2H3. The van der Waals surface area contributed by atoms with Gasteiger partial charge in [-0.05, 0) is 25.5 Å². The molecule has 2 heterocycles. The molecule has 1 saturated heterocycles. The largest absolute Gasteiger partial charge is 0.490 e. The summed E-state index contributed by atoms with van der Waals surface area (Å²) in [6.45, 7) is 5.84. The van der Waals surface area contributed by atoms with Crippen molar-refractivity contribution in [1.29, 1.82) is 0 Å². The van der Waals surface area contributed by atoms with E-state index < -0.39 is 5.60 Å². The van der Waals surface area contributed by atoms with Gasteiger partial charge in [0.05, 0.1) is 12.2 Å². The zero-order valence-corrected chi connectivity index (χ0v) is 9.81. The highest BCUT2D eigenvalue weighted by Gasteiger charge is 2.38. The van der Waals surface area contributed by atoms with E-state index in [1.54, 1.807) is 6.20 Å². The van der Waals surface area contributed by atoms with Crippen LogP contribution in [-0.2, 0) is 0 Å². The normalized spacial score (nSPS) is 18.1. The molecule has 4 nitrogen and oxygen atoms in total. The predicted molar refractivity (Wildman–Crippen MR) is 62.9 cm³/mol. The second-order valence-corrected chi connectivity index (χ2v) is 4.53. The summed E-state index contributed by atoms with van der Waals surface area (Å²) in [5, 5.41) is 9.70. The van der Waals surface area contributed by atoms with Gasteiger partial charge in [0.1, 0.15) is 0 Å². The lowest BCUT2D eigenvalue weighted by molar-refractivity contribution is 0.0302.